The molecule has 1 atom stereocenters. The van der Waals surface area contributed by atoms with Gasteiger partial charge in [0.15, 0.2) is 0 Å². The molecule has 1 fully saturated rings. The highest BCUT2D eigenvalue weighted by atomic mass is 16.5. The molecule has 1 saturated carbocycles. The number of benzene rings is 1. The molecule has 2 rings (SSSR count). The molecule has 0 aromatic heterocycles. The first kappa shape index (κ1) is 14.9. The molecule has 3 N–H and O–H groups in total. The van der Waals surface area contributed by atoms with Gasteiger partial charge in [-0.3, -0.25) is 4.79 Å². The molecule has 4 nitrogen and oxygen atoms in total. The van der Waals surface area contributed by atoms with E-state index in [-0.39, 0.29) is 11.9 Å². The fourth-order valence-electron chi connectivity index (χ4n) is 2.74. The van der Waals surface area contributed by atoms with Crippen molar-refractivity contribution < 1.29 is 9.53 Å². The van der Waals surface area contributed by atoms with E-state index in [9.17, 15) is 4.79 Å². The molecule has 0 spiro atoms. The van der Waals surface area contributed by atoms with Gasteiger partial charge in [-0.2, -0.15) is 0 Å². The summed E-state index contributed by atoms with van der Waals surface area (Å²) >= 11 is 0. The van der Waals surface area contributed by atoms with E-state index in [0.717, 1.165) is 37.0 Å². The first-order valence-corrected chi connectivity index (χ1v) is 7.29. The molecule has 20 heavy (non-hydrogen) atoms. The fraction of sp³-hybridized carbons (Fsp3) is 0.562. The third-order valence-electron chi connectivity index (χ3n) is 4.14. The van der Waals surface area contributed by atoms with Crippen LogP contribution in [0.15, 0.2) is 24.3 Å². The predicted octanol–water partition coefficient (Wildman–Crippen LogP) is 2.53. The van der Waals surface area contributed by atoms with Gasteiger partial charge in [-0.1, -0.05) is 31.4 Å². The molecule has 1 aliphatic rings. The van der Waals surface area contributed by atoms with Crippen molar-refractivity contribution in [1.29, 1.82) is 0 Å². The third kappa shape index (κ3) is 3.31. The minimum atomic E-state index is -0.689. The van der Waals surface area contributed by atoms with E-state index < -0.39 is 5.54 Å². The quantitative estimate of drug-likeness (QED) is 0.888. The van der Waals surface area contributed by atoms with Crippen LogP contribution in [-0.4, -0.2) is 18.6 Å². The Bertz CT molecular complexity index is 467. The van der Waals surface area contributed by atoms with Crippen LogP contribution in [-0.2, 0) is 4.79 Å². The minimum Gasteiger partial charge on any atom is -0.497 e. The van der Waals surface area contributed by atoms with Crippen LogP contribution in [0.2, 0.25) is 0 Å². The number of nitrogens with two attached hydrogens (primary N) is 1. The monoisotopic (exact) mass is 276 g/mol. The summed E-state index contributed by atoms with van der Waals surface area (Å²) in [5.41, 5.74) is 6.58. The maximum atomic E-state index is 12.4. The highest BCUT2D eigenvalue weighted by Gasteiger charge is 2.35. The zero-order valence-electron chi connectivity index (χ0n) is 12.3. The van der Waals surface area contributed by atoms with E-state index in [2.05, 4.69) is 5.32 Å². The summed E-state index contributed by atoms with van der Waals surface area (Å²) in [4.78, 5) is 12.4. The molecule has 0 bridgehead atoms. The Morgan fingerprint density at radius 3 is 2.70 bits per heavy atom. The molecule has 0 saturated heterocycles. The highest BCUT2D eigenvalue weighted by Crippen LogP contribution is 2.27. The van der Waals surface area contributed by atoms with E-state index in [0.29, 0.717) is 0 Å². The van der Waals surface area contributed by atoms with Crippen LogP contribution < -0.4 is 15.8 Å². The van der Waals surface area contributed by atoms with Crippen molar-refractivity contribution in [1.82, 2.24) is 5.32 Å². The third-order valence-corrected chi connectivity index (χ3v) is 4.14. The lowest BCUT2D eigenvalue weighted by atomic mass is 9.81. The lowest BCUT2D eigenvalue weighted by molar-refractivity contribution is -0.128. The Kier molecular flexibility index (Phi) is 4.65. The van der Waals surface area contributed by atoms with E-state index >= 15 is 0 Å². The normalized spacial score (nSPS) is 19.1. The summed E-state index contributed by atoms with van der Waals surface area (Å²) in [7, 11) is 1.64. The molecule has 1 aromatic carbocycles. The Morgan fingerprint density at radius 2 is 2.05 bits per heavy atom. The van der Waals surface area contributed by atoms with Crippen LogP contribution in [0.3, 0.4) is 0 Å². The molecule has 1 aromatic rings. The number of methoxy groups -OCH3 is 1. The lowest BCUT2D eigenvalue weighted by Crippen LogP contribution is -2.55. The zero-order chi connectivity index (χ0) is 14.6. The molecule has 0 radical (unpaired) electrons. The maximum Gasteiger partial charge on any atom is 0.240 e. The van der Waals surface area contributed by atoms with Crippen LogP contribution in [0.5, 0.6) is 5.75 Å². The molecule has 1 aliphatic carbocycles. The van der Waals surface area contributed by atoms with Gasteiger partial charge >= 0.3 is 0 Å². The van der Waals surface area contributed by atoms with E-state index in [1.54, 1.807) is 7.11 Å². The number of nitrogens with one attached hydrogen (secondary N) is 1. The van der Waals surface area contributed by atoms with Crippen LogP contribution in [0.4, 0.5) is 0 Å². The van der Waals surface area contributed by atoms with Gasteiger partial charge in [-0.25, -0.2) is 0 Å². The Balaban J connectivity index is 2.02. The molecule has 4 heteroatoms. The van der Waals surface area contributed by atoms with Gasteiger partial charge in [0.25, 0.3) is 0 Å². The van der Waals surface area contributed by atoms with Crippen LogP contribution in [0, 0.1) is 0 Å². The predicted molar refractivity (Wildman–Crippen MR) is 79.6 cm³/mol. The average molecular weight is 276 g/mol. The topological polar surface area (TPSA) is 64.3 Å². The Hall–Kier alpha value is -1.55. The van der Waals surface area contributed by atoms with Crippen molar-refractivity contribution in [3.05, 3.63) is 29.8 Å². The van der Waals surface area contributed by atoms with E-state index in [1.165, 1.54) is 6.42 Å². The average Bonchev–Trinajstić information content (AvgIpc) is 2.48. The summed E-state index contributed by atoms with van der Waals surface area (Å²) in [5.74, 6) is 0.760. The van der Waals surface area contributed by atoms with Crippen LogP contribution in [0.1, 0.15) is 50.6 Å². The second-order valence-electron chi connectivity index (χ2n) is 5.69. The number of ether oxygens (including phenoxy) is 1. The standard InChI is InChI=1S/C16H24N2O2/c1-12(13-7-6-8-14(11-13)20-2)18-15(19)16(17)9-4-3-5-10-16/h6-8,11-12H,3-5,9-10,17H2,1-2H3,(H,18,19)/t12-/m0/s1. The Labute approximate surface area is 120 Å². The van der Waals surface area contributed by atoms with Gasteiger partial charge in [0.05, 0.1) is 18.7 Å². The first-order valence-electron chi connectivity index (χ1n) is 7.29. The maximum absolute atomic E-state index is 12.4. The van der Waals surface area contributed by atoms with E-state index in [4.69, 9.17) is 10.5 Å². The molecular formula is C16H24N2O2. The lowest BCUT2D eigenvalue weighted by Gasteiger charge is -2.33. The number of carbonyl (C=O) groups excluding carboxylic acids is 1. The summed E-state index contributed by atoms with van der Waals surface area (Å²) < 4.78 is 5.21. The van der Waals surface area contributed by atoms with Gasteiger partial charge in [-0.05, 0) is 37.5 Å². The van der Waals surface area contributed by atoms with Crippen LogP contribution >= 0.6 is 0 Å². The zero-order valence-corrected chi connectivity index (χ0v) is 12.3. The van der Waals surface area contributed by atoms with Gasteiger partial charge in [0, 0.05) is 0 Å². The molecule has 0 heterocycles. The molecule has 0 aliphatic heterocycles. The van der Waals surface area contributed by atoms with Gasteiger partial charge in [-0.15, -0.1) is 0 Å². The summed E-state index contributed by atoms with van der Waals surface area (Å²) in [6.45, 7) is 1.97. The number of carbonyl (C=O) groups is 1. The molecular weight excluding hydrogens is 252 g/mol. The van der Waals surface area contributed by atoms with Crippen molar-refractivity contribution >= 4 is 5.91 Å². The molecule has 1 amide bonds. The fourth-order valence-corrected chi connectivity index (χ4v) is 2.74. The number of hydrogen-bond acceptors (Lipinski definition) is 3. The van der Waals surface area contributed by atoms with Crippen LogP contribution in [0.25, 0.3) is 0 Å². The number of hydrogen-bond donors (Lipinski definition) is 2. The number of amides is 1. The summed E-state index contributed by atoms with van der Waals surface area (Å²) in [5, 5.41) is 3.04. The molecule has 110 valence electrons. The summed E-state index contributed by atoms with van der Waals surface area (Å²) in [6.07, 6.45) is 4.82. The smallest absolute Gasteiger partial charge is 0.240 e. The second kappa shape index (κ2) is 6.27. The van der Waals surface area contributed by atoms with Gasteiger partial charge < -0.3 is 15.8 Å². The van der Waals surface area contributed by atoms with Gasteiger partial charge in [0.1, 0.15) is 5.75 Å². The van der Waals surface area contributed by atoms with Crippen molar-refractivity contribution in [3.8, 4) is 5.75 Å². The first-order chi connectivity index (χ1) is 9.55. The van der Waals surface area contributed by atoms with Crippen molar-refractivity contribution in [3.63, 3.8) is 0 Å². The Morgan fingerprint density at radius 1 is 1.35 bits per heavy atom. The van der Waals surface area contributed by atoms with Crippen molar-refractivity contribution in [2.75, 3.05) is 7.11 Å². The SMILES string of the molecule is COc1cccc([C@H](C)NC(=O)C2(N)CCCCC2)c1. The van der Waals surface area contributed by atoms with Gasteiger partial charge in [0.2, 0.25) is 5.91 Å². The van der Waals surface area contributed by atoms with E-state index in [1.807, 2.05) is 31.2 Å². The largest absolute Gasteiger partial charge is 0.497 e. The van der Waals surface area contributed by atoms with Crippen molar-refractivity contribution in [2.45, 2.75) is 50.6 Å². The summed E-state index contributed by atoms with van der Waals surface area (Å²) in [6, 6.07) is 7.67. The highest BCUT2D eigenvalue weighted by molar-refractivity contribution is 5.86. The van der Waals surface area contributed by atoms with Crippen molar-refractivity contribution in [2.24, 2.45) is 5.73 Å². The number of rotatable bonds is 4. The minimum absolute atomic E-state index is 0.0347. The second-order valence-corrected chi connectivity index (χ2v) is 5.69. The molecule has 0 unspecified atom stereocenters.